The van der Waals surface area contributed by atoms with E-state index in [-0.39, 0.29) is 11.2 Å². The van der Waals surface area contributed by atoms with Gasteiger partial charge in [-0.3, -0.25) is 4.79 Å². The van der Waals surface area contributed by atoms with Crippen LogP contribution in [0.1, 0.15) is 30.6 Å². The number of benzene rings is 1. The third kappa shape index (κ3) is 2.47. The van der Waals surface area contributed by atoms with Crippen molar-refractivity contribution in [2.75, 3.05) is 0 Å². The first kappa shape index (κ1) is 11.6. The van der Waals surface area contributed by atoms with Gasteiger partial charge in [-0.2, -0.15) is 0 Å². The fraction of sp³-hybridized carbons (Fsp3) is 0.267. The molecule has 1 aliphatic carbocycles. The molecule has 0 spiro atoms. The lowest BCUT2D eigenvalue weighted by atomic mass is 9.81. The van der Waals surface area contributed by atoms with E-state index in [0.717, 1.165) is 6.42 Å². The number of hydrogen-bond acceptors (Lipinski definition) is 2. The van der Waals surface area contributed by atoms with E-state index in [1.807, 2.05) is 36.4 Å². The molecular formula is C15H17NO. The van der Waals surface area contributed by atoms with Crippen LogP contribution in [0.3, 0.4) is 0 Å². The molecule has 2 N–H and O–H groups in total. The van der Waals surface area contributed by atoms with Gasteiger partial charge in [0.25, 0.3) is 0 Å². The van der Waals surface area contributed by atoms with Crippen molar-refractivity contribution in [2.24, 2.45) is 11.1 Å². The second-order valence-electron chi connectivity index (χ2n) is 5.13. The van der Waals surface area contributed by atoms with Crippen LogP contribution in [0.5, 0.6) is 0 Å². The van der Waals surface area contributed by atoms with E-state index in [4.69, 9.17) is 5.73 Å². The van der Waals surface area contributed by atoms with E-state index < -0.39 is 0 Å². The topological polar surface area (TPSA) is 43.1 Å². The summed E-state index contributed by atoms with van der Waals surface area (Å²) < 4.78 is 0. The van der Waals surface area contributed by atoms with E-state index in [1.54, 1.807) is 0 Å². The van der Waals surface area contributed by atoms with Crippen LogP contribution in [-0.4, -0.2) is 5.78 Å². The zero-order valence-corrected chi connectivity index (χ0v) is 10.2. The van der Waals surface area contributed by atoms with Crippen molar-refractivity contribution >= 4 is 5.78 Å². The number of nitrogens with two attached hydrogens (primary N) is 1. The van der Waals surface area contributed by atoms with Crippen LogP contribution >= 0.6 is 0 Å². The minimum absolute atomic E-state index is 0.00912. The maximum absolute atomic E-state index is 12.2. The summed E-state index contributed by atoms with van der Waals surface area (Å²) in [6, 6.07) is 9.25. The Bertz CT molecular complexity index is 495. The van der Waals surface area contributed by atoms with Crippen LogP contribution in [0, 0.1) is 5.41 Å². The van der Waals surface area contributed by atoms with Crippen LogP contribution in [0.15, 0.2) is 53.8 Å². The van der Waals surface area contributed by atoms with Crippen molar-refractivity contribution in [3.8, 4) is 0 Å². The van der Waals surface area contributed by atoms with E-state index >= 15 is 0 Å². The number of allylic oxidation sites excluding steroid dienone is 4. The number of Topliss-reactive ketones (excluding diaryl/α,β-unsaturated/α-hetero) is 1. The van der Waals surface area contributed by atoms with Gasteiger partial charge in [-0.05, 0) is 11.8 Å². The van der Waals surface area contributed by atoms with E-state index in [9.17, 15) is 4.79 Å². The average molecular weight is 227 g/mol. The van der Waals surface area contributed by atoms with E-state index in [0.29, 0.717) is 16.8 Å². The molecule has 2 rings (SSSR count). The Hall–Kier alpha value is -1.83. The van der Waals surface area contributed by atoms with Gasteiger partial charge in [-0.25, -0.2) is 0 Å². The Morgan fingerprint density at radius 1 is 1.24 bits per heavy atom. The van der Waals surface area contributed by atoms with Crippen LogP contribution in [0.2, 0.25) is 0 Å². The van der Waals surface area contributed by atoms with Gasteiger partial charge in [0.05, 0.1) is 0 Å². The Morgan fingerprint density at radius 2 is 1.88 bits per heavy atom. The normalized spacial score (nSPS) is 18.2. The third-order valence-electron chi connectivity index (χ3n) is 2.97. The molecule has 17 heavy (non-hydrogen) atoms. The number of carbonyl (C=O) groups is 1. The van der Waals surface area contributed by atoms with Crippen molar-refractivity contribution in [3.63, 3.8) is 0 Å². The molecule has 0 unspecified atom stereocenters. The van der Waals surface area contributed by atoms with Crippen molar-refractivity contribution in [2.45, 2.75) is 20.3 Å². The van der Waals surface area contributed by atoms with E-state index in [1.165, 1.54) is 0 Å². The first-order valence-electron chi connectivity index (χ1n) is 5.77. The highest BCUT2D eigenvalue weighted by Crippen LogP contribution is 2.32. The van der Waals surface area contributed by atoms with E-state index in [2.05, 4.69) is 19.9 Å². The summed E-state index contributed by atoms with van der Waals surface area (Å²) in [5.41, 5.74) is 8.06. The minimum Gasteiger partial charge on any atom is -0.401 e. The minimum atomic E-state index is 0.00912. The standard InChI is InChI=1S/C15H17NO/c1-15(2)9-8-12(13(16)10-15)14(17)11-6-4-3-5-7-11/h3-9H,10,16H2,1-2H3. The molecule has 0 aromatic heterocycles. The molecule has 0 saturated heterocycles. The molecule has 0 bridgehead atoms. The van der Waals surface area contributed by atoms with Crippen LogP contribution in [0.4, 0.5) is 0 Å². The van der Waals surface area contributed by atoms with Gasteiger partial charge in [0, 0.05) is 16.8 Å². The predicted molar refractivity (Wildman–Crippen MR) is 69.5 cm³/mol. The maximum atomic E-state index is 12.2. The molecule has 0 atom stereocenters. The zero-order chi connectivity index (χ0) is 12.5. The Morgan fingerprint density at radius 3 is 2.47 bits per heavy atom. The molecule has 88 valence electrons. The number of rotatable bonds is 2. The van der Waals surface area contributed by atoms with Gasteiger partial charge in [0.15, 0.2) is 5.78 Å². The summed E-state index contributed by atoms with van der Waals surface area (Å²) in [4.78, 5) is 12.2. The summed E-state index contributed by atoms with van der Waals surface area (Å²) in [6.07, 6.45) is 4.64. The monoisotopic (exact) mass is 227 g/mol. The van der Waals surface area contributed by atoms with Gasteiger partial charge in [-0.1, -0.05) is 56.3 Å². The third-order valence-corrected chi connectivity index (χ3v) is 2.97. The molecular weight excluding hydrogens is 210 g/mol. The second kappa shape index (κ2) is 4.21. The zero-order valence-electron chi connectivity index (χ0n) is 10.2. The lowest BCUT2D eigenvalue weighted by molar-refractivity contribution is 0.103. The fourth-order valence-electron chi connectivity index (χ4n) is 2.03. The van der Waals surface area contributed by atoms with Crippen molar-refractivity contribution in [1.82, 2.24) is 0 Å². The van der Waals surface area contributed by atoms with Crippen molar-refractivity contribution < 1.29 is 4.79 Å². The molecule has 1 aromatic carbocycles. The quantitative estimate of drug-likeness (QED) is 0.789. The largest absolute Gasteiger partial charge is 0.401 e. The van der Waals surface area contributed by atoms with Crippen LogP contribution < -0.4 is 5.73 Å². The first-order chi connectivity index (χ1) is 7.99. The molecule has 2 nitrogen and oxygen atoms in total. The number of carbonyl (C=O) groups excluding carboxylic acids is 1. The molecule has 0 saturated carbocycles. The Balaban J connectivity index is 2.31. The molecule has 1 aliphatic rings. The summed E-state index contributed by atoms with van der Waals surface area (Å²) in [7, 11) is 0. The Kier molecular flexibility index (Phi) is 2.88. The fourth-order valence-corrected chi connectivity index (χ4v) is 2.03. The van der Waals surface area contributed by atoms with Gasteiger partial charge >= 0.3 is 0 Å². The lowest BCUT2D eigenvalue weighted by Crippen LogP contribution is -2.21. The molecule has 0 amide bonds. The number of ketones is 1. The summed E-state index contributed by atoms with van der Waals surface area (Å²) in [5, 5.41) is 0. The summed E-state index contributed by atoms with van der Waals surface area (Å²) in [6.45, 7) is 4.22. The highest BCUT2D eigenvalue weighted by Gasteiger charge is 2.24. The van der Waals surface area contributed by atoms with Crippen molar-refractivity contribution in [1.29, 1.82) is 0 Å². The highest BCUT2D eigenvalue weighted by atomic mass is 16.1. The molecule has 0 heterocycles. The molecule has 0 radical (unpaired) electrons. The average Bonchev–Trinajstić information content (AvgIpc) is 2.28. The number of hydrogen-bond donors (Lipinski definition) is 1. The lowest BCUT2D eigenvalue weighted by Gasteiger charge is -2.25. The summed E-state index contributed by atoms with van der Waals surface area (Å²) >= 11 is 0. The highest BCUT2D eigenvalue weighted by molar-refractivity contribution is 6.11. The van der Waals surface area contributed by atoms with Crippen LogP contribution in [-0.2, 0) is 0 Å². The van der Waals surface area contributed by atoms with Crippen LogP contribution in [0.25, 0.3) is 0 Å². The summed E-state index contributed by atoms with van der Waals surface area (Å²) in [5.74, 6) is 0.00912. The molecule has 0 aliphatic heterocycles. The molecule has 2 heteroatoms. The molecule has 1 aromatic rings. The first-order valence-corrected chi connectivity index (χ1v) is 5.77. The van der Waals surface area contributed by atoms with Crippen molar-refractivity contribution in [3.05, 3.63) is 59.3 Å². The Labute approximate surface area is 102 Å². The predicted octanol–water partition coefficient (Wildman–Crippen LogP) is 3.07. The van der Waals surface area contributed by atoms with Gasteiger partial charge in [-0.15, -0.1) is 0 Å². The van der Waals surface area contributed by atoms with Gasteiger partial charge in [0.1, 0.15) is 0 Å². The van der Waals surface area contributed by atoms with Gasteiger partial charge < -0.3 is 5.73 Å². The SMILES string of the molecule is CC1(C)C=CC(C(=O)c2ccccc2)=C(N)C1. The smallest absolute Gasteiger partial charge is 0.194 e. The second-order valence-corrected chi connectivity index (χ2v) is 5.13. The molecule has 0 fully saturated rings. The maximum Gasteiger partial charge on any atom is 0.194 e. The van der Waals surface area contributed by atoms with Gasteiger partial charge in [0.2, 0.25) is 0 Å².